The van der Waals surface area contributed by atoms with Crippen LogP contribution in [0.25, 0.3) is 0 Å². The summed E-state index contributed by atoms with van der Waals surface area (Å²) in [6.45, 7) is 1.42. The van der Waals surface area contributed by atoms with E-state index in [1.54, 1.807) is 29.3 Å². The van der Waals surface area contributed by atoms with Crippen molar-refractivity contribution in [2.24, 2.45) is 17.8 Å². The van der Waals surface area contributed by atoms with Crippen molar-refractivity contribution in [1.29, 1.82) is 0 Å². The van der Waals surface area contributed by atoms with Gasteiger partial charge in [-0.2, -0.15) is 15.4 Å². The molecule has 1 aliphatic heterocycles. The van der Waals surface area contributed by atoms with Crippen LogP contribution >= 0.6 is 23.2 Å². The van der Waals surface area contributed by atoms with E-state index in [0.29, 0.717) is 47.8 Å². The van der Waals surface area contributed by atoms with Crippen molar-refractivity contribution in [3.63, 3.8) is 0 Å². The Hall–Kier alpha value is -2.12. The number of aromatic nitrogens is 3. The molecule has 1 aromatic heterocycles. The molecule has 3 atom stereocenters. The summed E-state index contributed by atoms with van der Waals surface area (Å²) in [5.41, 5.74) is 1.57. The molecule has 7 nitrogen and oxygen atoms in total. The van der Waals surface area contributed by atoms with Crippen LogP contribution in [-0.4, -0.2) is 45.3 Å². The largest absolute Gasteiger partial charge is 0.445 e. The first-order chi connectivity index (χ1) is 14.0. The molecule has 2 aromatic rings. The van der Waals surface area contributed by atoms with Gasteiger partial charge >= 0.3 is 6.09 Å². The SMILES string of the molecule is O=C(CCc1cn[nH]n1)C1C[C@@H]2CN(C(=O)OCc3cc(Cl)cc(Cl)c3)C[C@@H]2C1. The molecule has 154 valence electrons. The van der Waals surface area contributed by atoms with Crippen molar-refractivity contribution in [3.8, 4) is 0 Å². The monoisotopic (exact) mass is 436 g/mol. The van der Waals surface area contributed by atoms with E-state index in [4.69, 9.17) is 27.9 Å². The number of carbonyl (C=O) groups is 2. The lowest BCUT2D eigenvalue weighted by Gasteiger charge is -2.19. The second-order valence-corrected chi connectivity index (χ2v) is 8.73. The second kappa shape index (κ2) is 8.71. The van der Waals surface area contributed by atoms with E-state index < -0.39 is 0 Å². The van der Waals surface area contributed by atoms with Crippen LogP contribution in [-0.2, 0) is 22.6 Å². The molecule has 1 unspecified atom stereocenters. The van der Waals surface area contributed by atoms with E-state index >= 15 is 0 Å². The summed E-state index contributed by atoms with van der Waals surface area (Å²) in [5.74, 6) is 1.10. The highest BCUT2D eigenvalue weighted by Gasteiger charge is 2.44. The zero-order valence-corrected chi connectivity index (χ0v) is 17.3. The Morgan fingerprint density at radius 3 is 2.45 bits per heavy atom. The van der Waals surface area contributed by atoms with Gasteiger partial charge in [-0.25, -0.2) is 4.79 Å². The smallest absolute Gasteiger partial charge is 0.410 e. The number of ether oxygens (including phenoxy) is 1. The van der Waals surface area contributed by atoms with Crippen LogP contribution in [0.3, 0.4) is 0 Å². The third-order valence-electron chi connectivity index (χ3n) is 5.84. The van der Waals surface area contributed by atoms with E-state index in [-0.39, 0.29) is 24.4 Å². The molecule has 0 bridgehead atoms. The Kier molecular flexibility index (Phi) is 6.06. The highest BCUT2D eigenvalue weighted by Crippen LogP contribution is 2.42. The molecule has 2 heterocycles. The van der Waals surface area contributed by atoms with Gasteiger partial charge in [-0.1, -0.05) is 23.2 Å². The molecule has 29 heavy (non-hydrogen) atoms. The van der Waals surface area contributed by atoms with Crippen molar-refractivity contribution in [3.05, 3.63) is 45.7 Å². The van der Waals surface area contributed by atoms with E-state index in [1.165, 1.54) is 0 Å². The fourth-order valence-corrected chi connectivity index (χ4v) is 5.01. The van der Waals surface area contributed by atoms with Gasteiger partial charge in [0.2, 0.25) is 0 Å². The zero-order valence-electron chi connectivity index (χ0n) is 15.8. The number of Topliss-reactive ketones (excluding diaryl/α,β-unsaturated/α-hetero) is 1. The molecule has 1 saturated heterocycles. The molecular formula is C20H22Cl2N4O3. The van der Waals surface area contributed by atoms with Gasteiger partial charge in [-0.3, -0.25) is 4.79 Å². The zero-order chi connectivity index (χ0) is 20.4. The fourth-order valence-electron chi connectivity index (χ4n) is 4.44. The first-order valence-electron chi connectivity index (χ1n) is 9.72. The van der Waals surface area contributed by atoms with Gasteiger partial charge in [0.05, 0.1) is 11.9 Å². The molecule has 9 heteroatoms. The molecule has 4 rings (SSSR count). The van der Waals surface area contributed by atoms with Crippen LogP contribution in [0.5, 0.6) is 0 Å². The molecule has 1 aromatic carbocycles. The van der Waals surface area contributed by atoms with E-state index in [1.807, 2.05) is 0 Å². The van der Waals surface area contributed by atoms with E-state index in [9.17, 15) is 9.59 Å². The third kappa shape index (κ3) is 4.90. The van der Waals surface area contributed by atoms with Crippen molar-refractivity contribution in [2.45, 2.75) is 32.3 Å². The number of H-pyrrole nitrogens is 1. The summed E-state index contributed by atoms with van der Waals surface area (Å²) in [4.78, 5) is 26.7. The lowest BCUT2D eigenvalue weighted by Crippen LogP contribution is -2.31. The number of nitrogens with zero attached hydrogens (tertiary/aromatic N) is 3. The first kappa shape index (κ1) is 20.2. The minimum Gasteiger partial charge on any atom is -0.445 e. The lowest BCUT2D eigenvalue weighted by atomic mass is 9.96. The normalized spacial score (nSPS) is 23.2. The van der Waals surface area contributed by atoms with Gasteiger partial charge in [-0.05, 0) is 54.9 Å². The number of rotatable bonds is 6. The van der Waals surface area contributed by atoms with Crippen molar-refractivity contribution < 1.29 is 14.3 Å². The molecule has 2 aliphatic rings. The van der Waals surface area contributed by atoms with Crippen LogP contribution in [0.2, 0.25) is 10.0 Å². The number of ketones is 1. The predicted octanol–water partition coefficient (Wildman–Crippen LogP) is 3.91. The number of amides is 1. The number of likely N-dealkylation sites (tertiary alicyclic amines) is 1. The van der Waals surface area contributed by atoms with Gasteiger partial charge in [0.1, 0.15) is 12.4 Å². The number of benzene rings is 1. The molecule has 0 radical (unpaired) electrons. The molecule has 2 fully saturated rings. The van der Waals surface area contributed by atoms with Crippen LogP contribution < -0.4 is 0 Å². The number of aromatic amines is 1. The summed E-state index contributed by atoms with van der Waals surface area (Å²) in [6.07, 6.45) is 4.12. The molecule has 1 N–H and O–H groups in total. The molecule has 1 aliphatic carbocycles. The minimum atomic E-state index is -0.329. The standard InChI is InChI=1S/C20H22Cl2N4O3/c21-16-3-12(4-17(22)7-16)11-29-20(28)26-9-14-5-13(6-15(14)10-26)19(27)2-1-18-8-23-25-24-18/h3-4,7-8,13-15H,1-2,5-6,9-11H2,(H,23,24,25)/t13?,14-,15+. The average molecular weight is 437 g/mol. The number of hydrogen-bond donors (Lipinski definition) is 1. The van der Waals surface area contributed by atoms with E-state index in [2.05, 4.69) is 15.4 Å². The number of aryl methyl sites for hydroxylation is 1. The Morgan fingerprint density at radius 1 is 1.14 bits per heavy atom. The minimum absolute atomic E-state index is 0.0867. The number of hydrogen-bond acceptors (Lipinski definition) is 5. The summed E-state index contributed by atoms with van der Waals surface area (Å²) < 4.78 is 5.43. The summed E-state index contributed by atoms with van der Waals surface area (Å²) >= 11 is 12.0. The van der Waals surface area contributed by atoms with Crippen LogP contribution in [0.15, 0.2) is 24.4 Å². The lowest BCUT2D eigenvalue weighted by molar-refractivity contribution is -0.122. The maximum Gasteiger partial charge on any atom is 0.410 e. The van der Waals surface area contributed by atoms with Gasteiger partial charge < -0.3 is 9.64 Å². The van der Waals surface area contributed by atoms with Gasteiger partial charge in [0.15, 0.2) is 0 Å². The maximum atomic E-state index is 12.5. The number of fused-ring (bicyclic) bond motifs is 1. The molecule has 0 spiro atoms. The Morgan fingerprint density at radius 2 is 1.83 bits per heavy atom. The predicted molar refractivity (Wildman–Crippen MR) is 108 cm³/mol. The summed E-state index contributed by atoms with van der Waals surface area (Å²) in [6, 6.07) is 5.10. The quantitative estimate of drug-likeness (QED) is 0.741. The van der Waals surface area contributed by atoms with Crippen LogP contribution in [0.4, 0.5) is 4.79 Å². The van der Waals surface area contributed by atoms with Gasteiger partial charge in [0, 0.05) is 35.5 Å². The number of nitrogens with one attached hydrogen (secondary N) is 1. The topological polar surface area (TPSA) is 88.2 Å². The van der Waals surface area contributed by atoms with Crippen LogP contribution in [0, 0.1) is 17.8 Å². The second-order valence-electron chi connectivity index (χ2n) is 7.85. The molecule has 1 saturated carbocycles. The molecular weight excluding hydrogens is 415 g/mol. The van der Waals surface area contributed by atoms with Gasteiger partial charge in [0.25, 0.3) is 0 Å². The number of carbonyl (C=O) groups excluding carboxylic acids is 2. The van der Waals surface area contributed by atoms with E-state index in [0.717, 1.165) is 24.1 Å². The van der Waals surface area contributed by atoms with Crippen molar-refractivity contribution in [1.82, 2.24) is 20.3 Å². The van der Waals surface area contributed by atoms with Crippen molar-refractivity contribution in [2.75, 3.05) is 13.1 Å². The Balaban J connectivity index is 1.23. The van der Waals surface area contributed by atoms with Crippen molar-refractivity contribution >= 4 is 35.1 Å². The molecule has 1 amide bonds. The highest BCUT2D eigenvalue weighted by atomic mass is 35.5. The summed E-state index contributed by atoms with van der Waals surface area (Å²) in [7, 11) is 0. The highest BCUT2D eigenvalue weighted by molar-refractivity contribution is 6.34. The Labute approximate surface area is 178 Å². The van der Waals surface area contributed by atoms with Gasteiger partial charge in [-0.15, -0.1) is 0 Å². The fraction of sp³-hybridized carbons (Fsp3) is 0.500. The summed E-state index contributed by atoms with van der Waals surface area (Å²) in [5, 5.41) is 11.3. The first-order valence-corrected chi connectivity index (χ1v) is 10.5. The maximum absolute atomic E-state index is 12.5. The third-order valence-corrected chi connectivity index (χ3v) is 6.28. The average Bonchev–Trinajstić information content (AvgIpc) is 3.39. The number of halogens is 2. The van der Waals surface area contributed by atoms with Crippen LogP contribution in [0.1, 0.15) is 30.5 Å². The Bertz CT molecular complexity index is 856.